The number of rotatable bonds is 3. The van der Waals surface area contributed by atoms with Crippen molar-refractivity contribution in [3.8, 4) is 17.2 Å². The number of hydrogen-bond donors (Lipinski definition) is 2. The lowest BCUT2D eigenvalue weighted by atomic mass is 10.1. The van der Waals surface area contributed by atoms with Crippen LogP contribution in [0.25, 0.3) is 10.9 Å². The van der Waals surface area contributed by atoms with Crippen molar-refractivity contribution in [1.29, 1.82) is 0 Å². The molecule has 0 atom stereocenters. The van der Waals surface area contributed by atoms with Gasteiger partial charge in [0.15, 0.2) is 11.5 Å². The summed E-state index contributed by atoms with van der Waals surface area (Å²) < 4.78 is 16.1. The Kier molecular flexibility index (Phi) is 3.84. The van der Waals surface area contributed by atoms with Crippen LogP contribution in [-0.4, -0.2) is 35.2 Å². The highest BCUT2D eigenvalue weighted by atomic mass is 16.7. The molecule has 21 heavy (non-hydrogen) atoms. The zero-order chi connectivity index (χ0) is 15.7. The van der Waals surface area contributed by atoms with E-state index in [4.69, 9.17) is 9.47 Å². The number of carbonyl (C=O) groups excluding carboxylic acids is 1. The maximum atomic E-state index is 11.1. The first-order valence-electron chi connectivity index (χ1n) is 6.19. The fourth-order valence-corrected chi connectivity index (χ4v) is 2.32. The number of phenolic OH excluding ortho intramolecular Hbond substituents is 2. The summed E-state index contributed by atoms with van der Waals surface area (Å²) >= 11 is 0. The number of nitrogens with zero attached hydrogens (tertiary/aromatic N) is 1. The number of hydrogen-bond acceptors (Lipinski definition) is 6. The van der Waals surface area contributed by atoms with Gasteiger partial charge in [0.05, 0.1) is 25.1 Å². The molecule has 7 nitrogen and oxygen atoms in total. The third kappa shape index (κ3) is 2.31. The molecule has 0 fully saturated rings. The molecule has 0 unspecified atom stereocenters. The summed E-state index contributed by atoms with van der Waals surface area (Å²) in [6.45, 7) is 1.71. The molecule has 1 heterocycles. The molecule has 0 radical (unpaired) electrons. The fraction of sp³-hybridized carbons (Fsp3) is 0.357. The van der Waals surface area contributed by atoms with E-state index in [0.717, 1.165) is 5.69 Å². The predicted molar refractivity (Wildman–Crippen MR) is 74.7 cm³/mol. The highest BCUT2D eigenvalue weighted by molar-refractivity contribution is 5.97. The molecule has 0 spiro atoms. The minimum atomic E-state index is -0.821. The lowest BCUT2D eigenvalue weighted by Gasteiger charge is -2.08. The average Bonchev–Trinajstić information content (AvgIpc) is 2.73. The van der Waals surface area contributed by atoms with Gasteiger partial charge in [0.25, 0.3) is 0 Å². The zero-order valence-corrected chi connectivity index (χ0v) is 12.3. The minimum absolute atomic E-state index is 0.0328. The van der Waals surface area contributed by atoms with E-state index in [2.05, 4.69) is 4.74 Å². The summed E-state index contributed by atoms with van der Waals surface area (Å²) in [6, 6.07) is 1.34. The number of ether oxygens (including phenoxy) is 3. The van der Waals surface area contributed by atoms with Crippen molar-refractivity contribution in [2.75, 3.05) is 14.2 Å². The monoisotopic (exact) mass is 295 g/mol. The Labute approximate surface area is 121 Å². The Morgan fingerprint density at radius 3 is 2.57 bits per heavy atom. The summed E-state index contributed by atoms with van der Waals surface area (Å²) in [5.74, 6) is -0.00282. The second kappa shape index (κ2) is 5.43. The Morgan fingerprint density at radius 2 is 2.00 bits per heavy atom. The van der Waals surface area contributed by atoms with Gasteiger partial charge < -0.3 is 29.0 Å². The van der Waals surface area contributed by atoms with Gasteiger partial charge in [-0.2, -0.15) is 0 Å². The van der Waals surface area contributed by atoms with Crippen LogP contribution in [0.15, 0.2) is 6.07 Å². The van der Waals surface area contributed by atoms with Crippen LogP contribution in [-0.2, 0) is 23.1 Å². The number of phenols is 2. The molecule has 0 aliphatic rings. The molecule has 0 aliphatic carbocycles. The first kappa shape index (κ1) is 14.8. The molecule has 2 aromatic rings. The molecule has 2 N–H and O–H groups in total. The highest BCUT2D eigenvalue weighted by Gasteiger charge is 2.22. The van der Waals surface area contributed by atoms with E-state index in [-0.39, 0.29) is 23.9 Å². The van der Waals surface area contributed by atoms with Crippen LogP contribution in [0.5, 0.6) is 17.2 Å². The van der Waals surface area contributed by atoms with Gasteiger partial charge in [-0.15, -0.1) is 0 Å². The predicted octanol–water partition coefficient (Wildman–Crippen LogP) is 2.19. The minimum Gasteiger partial charge on any atom is -0.506 e. The molecule has 1 aromatic heterocycles. The number of aromatic nitrogens is 1. The summed E-state index contributed by atoms with van der Waals surface area (Å²) in [5.41, 5.74) is 1.76. The van der Waals surface area contributed by atoms with E-state index in [9.17, 15) is 15.0 Å². The van der Waals surface area contributed by atoms with Gasteiger partial charge in [-0.25, -0.2) is 4.79 Å². The molecule has 0 amide bonds. The summed E-state index contributed by atoms with van der Waals surface area (Å²) in [5, 5.41) is 20.8. The fourth-order valence-electron chi connectivity index (χ4n) is 2.32. The number of methoxy groups -OCH3 is 2. The largest absolute Gasteiger partial charge is 0.508 e. The van der Waals surface area contributed by atoms with Gasteiger partial charge in [0.2, 0.25) is 0 Å². The van der Waals surface area contributed by atoms with E-state index in [1.54, 1.807) is 18.5 Å². The normalized spacial score (nSPS) is 10.7. The molecular formula is C14H17NO6. The van der Waals surface area contributed by atoms with E-state index >= 15 is 0 Å². The van der Waals surface area contributed by atoms with Crippen LogP contribution in [0.3, 0.4) is 0 Å². The quantitative estimate of drug-likeness (QED) is 0.666. The van der Waals surface area contributed by atoms with Crippen LogP contribution in [0, 0.1) is 6.92 Å². The molecule has 0 bridgehead atoms. The van der Waals surface area contributed by atoms with Crippen molar-refractivity contribution < 1.29 is 29.2 Å². The Hall–Kier alpha value is -2.57. The average molecular weight is 295 g/mol. The smallest absolute Gasteiger partial charge is 0.506 e. The second-order valence-electron chi connectivity index (χ2n) is 4.54. The topological polar surface area (TPSA) is 90.2 Å². The van der Waals surface area contributed by atoms with Crippen molar-refractivity contribution in [2.24, 2.45) is 7.05 Å². The molecular weight excluding hydrogens is 278 g/mol. The van der Waals surface area contributed by atoms with Crippen LogP contribution in [0.2, 0.25) is 0 Å². The molecule has 0 saturated carbocycles. The van der Waals surface area contributed by atoms with Crippen LogP contribution < -0.4 is 4.74 Å². The second-order valence-corrected chi connectivity index (χ2v) is 4.54. The molecule has 7 heteroatoms. The number of benzene rings is 1. The summed E-state index contributed by atoms with van der Waals surface area (Å²) in [7, 11) is 4.34. The van der Waals surface area contributed by atoms with E-state index < -0.39 is 6.16 Å². The van der Waals surface area contributed by atoms with Gasteiger partial charge in [0.1, 0.15) is 12.4 Å². The van der Waals surface area contributed by atoms with Gasteiger partial charge in [0, 0.05) is 24.4 Å². The van der Waals surface area contributed by atoms with E-state index in [1.807, 2.05) is 0 Å². The summed E-state index contributed by atoms with van der Waals surface area (Å²) in [4.78, 5) is 11.1. The Bertz CT molecular complexity index is 704. The van der Waals surface area contributed by atoms with Gasteiger partial charge >= 0.3 is 6.16 Å². The maximum Gasteiger partial charge on any atom is 0.508 e. The van der Waals surface area contributed by atoms with Gasteiger partial charge in [-0.1, -0.05) is 0 Å². The lowest BCUT2D eigenvalue weighted by molar-refractivity contribution is 0.0670. The van der Waals surface area contributed by atoms with Crippen molar-refractivity contribution in [3.05, 3.63) is 17.3 Å². The van der Waals surface area contributed by atoms with Crippen LogP contribution in [0.4, 0.5) is 4.79 Å². The van der Waals surface area contributed by atoms with Crippen LogP contribution in [0.1, 0.15) is 11.3 Å². The Morgan fingerprint density at radius 1 is 1.33 bits per heavy atom. The number of aryl methyl sites for hydroxylation is 1. The molecule has 1 aromatic carbocycles. The third-order valence-electron chi connectivity index (χ3n) is 3.52. The highest BCUT2D eigenvalue weighted by Crippen LogP contribution is 2.44. The van der Waals surface area contributed by atoms with Gasteiger partial charge in [-0.3, -0.25) is 0 Å². The lowest BCUT2D eigenvalue weighted by Crippen LogP contribution is -2.05. The van der Waals surface area contributed by atoms with Crippen molar-refractivity contribution in [2.45, 2.75) is 13.5 Å². The van der Waals surface area contributed by atoms with Crippen molar-refractivity contribution in [1.82, 2.24) is 4.57 Å². The SMILES string of the molecule is COC(=O)OCc1c(C)n(C)c2c(O)cc(OC)c(O)c12. The third-order valence-corrected chi connectivity index (χ3v) is 3.52. The number of aromatic hydroxyl groups is 2. The first-order chi connectivity index (χ1) is 9.92. The van der Waals surface area contributed by atoms with E-state index in [0.29, 0.717) is 16.5 Å². The van der Waals surface area contributed by atoms with Gasteiger partial charge in [-0.05, 0) is 6.92 Å². The first-order valence-corrected chi connectivity index (χ1v) is 6.19. The Balaban J connectivity index is 2.66. The molecule has 0 saturated heterocycles. The van der Waals surface area contributed by atoms with Crippen molar-refractivity contribution in [3.63, 3.8) is 0 Å². The number of carbonyl (C=O) groups is 1. The summed E-state index contributed by atoms with van der Waals surface area (Å²) in [6.07, 6.45) is -0.821. The number of fused-ring (bicyclic) bond motifs is 1. The molecule has 0 aliphatic heterocycles. The standard InChI is InChI=1S/C14H17NO6/c1-7-8(6-21-14(18)20-4)11-12(15(7)2)9(16)5-10(19-3)13(11)17/h5,16-17H,6H2,1-4H3. The van der Waals surface area contributed by atoms with Crippen molar-refractivity contribution >= 4 is 17.1 Å². The molecule has 2 rings (SSSR count). The maximum absolute atomic E-state index is 11.1. The van der Waals surface area contributed by atoms with Crippen LogP contribution >= 0.6 is 0 Å². The zero-order valence-electron chi connectivity index (χ0n) is 12.3. The van der Waals surface area contributed by atoms with E-state index in [1.165, 1.54) is 20.3 Å². The molecule has 114 valence electrons.